The van der Waals surface area contributed by atoms with Gasteiger partial charge in [0.15, 0.2) is 0 Å². The number of para-hydroxylation sites is 2. The second-order valence-corrected chi connectivity index (χ2v) is 18.4. The number of benzene rings is 4. The zero-order valence-corrected chi connectivity index (χ0v) is 32.6. The maximum absolute atomic E-state index is 6.87. The highest BCUT2D eigenvalue weighted by molar-refractivity contribution is 6.09. The summed E-state index contributed by atoms with van der Waals surface area (Å²) in [7, 11) is 0. The third-order valence-electron chi connectivity index (χ3n) is 10.3. The van der Waals surface area contributed by atoms with Crippen LogP contribution < -0.4 is 14.5 Å². The Morgan fingerprint density at radius 3 is 1.80 bits per heavy atom. The van der Waals surface area contributed by atoms with Gasteiger partial charge in [-0.2, -0.15) is 0 Å². The third kappa shape index (κ3) is 6.48. The van der Waals surface area contributed by atoms with E-state index in [2.05, 4.69) is 188 Å². The fourth-order valence-electron chi connectivity index (χ4n) is 7.16. The van der Waals surface area contributed by atoms with Crippen LogP contribution in [0.4, 0.5) is 17.1 Å². The summed E-state index contributed by atoms with van der Waals surface area (Å²) in [5, 5.41) is 2.39. The molecule has 0 N–H and O–H groups in total. The Labute approximate surface area is 304 Å². The van der Waals surface area contributed by atoms with E-state index >= 15 is 0 Å². The molecule has 6 aromatic rings. The number of anilines is 3. The van der Waals surface area contributed by atoms with Crippen LogP contribution in [0.1, 0.15) is 99.8 Å². The largest absolute Gasteiger partial charge is 0.457 e. The Balaban J connectivity index is 1.37. The van der Waals surface area contributed by atoms with Crippen molar-refractivity contribution < 1.29 is 4.74 Å². The summed E-state index contributed by atoms with van der Waals surface area (Å²) in [6.07, 6.45) is 1.94. The second-order valence-electron chi connectivity index (χ2n) is 18.4. The number of rotatable bonds is 4. The molecule has 0 radical (unpaired) electrons. The Morgan fingerprint density at radius 2 is 1.16 bits per heavy atom. The predicted octanol–water partition coefficient (Wildman–Crippen LogP) is 12.6. The van der Waals surface area contributed by atoms with Gasteiger partial charge in [0.1, 0.15) is 17.3 Å². The first kappa shape index (κ1) is 34.7. The summed E-state index contributed by atoms with van der Waals surface area (Å²) < 4.78 is 9.19. The fraction of sp³-hybridized carbons (Fsp3) is 0.370. The zero-order chi connectivity index (χ0) is 36.7. The molecule has 0 fully saturated rings. The first-order valence-corrected chi connectivity index (χ1v) is 18.3. The van der Waals surface area contributed by atoms with Gasteiger partial charge in [0.05, 0.1) is 29.1 Å². The van der Waals surface area contributed by atoms with Crippen molar-refractivity contribution in [2.45, 2.75) is 105 Å². The van der Waals surface area contributed by atoms with E-state index in [9.17, 15) is 0 Å². The van der Waals surface area contributed by atoms with E-state index in [-0.39, 0.29) is 21.8 Å². The Kier molecular flexibility index (Phi) is 8.09. The SMILES string of the molecule is CC(C)(C)c1cc(Oc2ccc3c4ccc(C(C)(C)C)cc4n(-c4cc(C(C)(C)C)ccn4)c3c2)cc(N2CN(C(C)(C)C)c3ccccc32)c1. The van der Waals surface area contributed by atoms with E-state index < -0.39 is 0 Å². The van der Waals surface area contributed by atoms with Crippen LogP contribution in [0.25, 0.3) is 27.6 Å². The lowest BCUT2D eigenvalue weighted by molar-refractivity contribution is 0.479. The molecular formula is C46H54N4O. The maximum atomic E-state index is 6.87. The van der Waals surface area contributed by atoms with Gasteiger partial charge in [-0.15, -0.1) is 0 Å². The minimum Gasteiger partial charge on any atom is -0.457 e. The number of aromatic nitrogens is 2. The highest BCUT2D eigenvalue weighted by atomic mass is 16.5. The number of ether oxygens (including phenoxy) is 1. The van der Waals surface area contributed by atoms with Crippen molar-refractivity contribution >= 4 is 38.9 Å². The van der Waals surface area contributed by atoms with Crippen LogP contribution in [0.15, 0.2) is 97.2 Å². The van der Waals surface area contributed by atoms with E-state index in [1.54, 1.807) is 0 Å². The fourth-order valence-corrected chi connectivity index (χ4v) is 7.16. The van der Waals surface area contributed by atoms with Crippen LogP contribution in [0, 0.1) is 0 Å². The summed E-state index contributed by atoms with van der Waals surface area (Å²) >= 11 is 0. The van der Waals surface area contributed by atoms with Crippen LogP contribution in [0.2, 0.25) is 0 Å². The Bertz CT molecular complexity index is 2270. The summed E-state index contributed by atoms with van der Waals surface area (Å²) in [5.41, 5.74) is 9.53. The molecule has 0 unspecified atom stereocenters. The molecule has 1 aliphatic rings. The number of hydrogen-bond donors (Lipinski definition) is 0. The van der Waals surface area contributed by atoms with Crippen molar-refractivity contribution in [2.24, 2.45) is 0 Å². The molecule has 0 saturated carbocycles. The second kappa shape index (κ2) is 11.9. The number of nitrogens with zero attached hydrogens (tertiary/aromatic N) is 4. The lowest BCUT2D eigenvalue weighted by atomic mass is 9.86. The van der Waals surface area contributed by atoms with Gasteiger partial charge in [-0.25, -0.2) is 4.98 Å². The van der Waals surface area contributed by atoms with Crippen LogP contribution in [-0.4, -0.2) is 21.8 Å². The number of fused-ring (bicyclic) bond motifs is 4. The van der Waals surface area contributed by atoms with Crippen LogP contribution in [0.5, 0.6) is 11.5 Å². The molecule has 0 saturated heterocycles. The van der Waals surface area contributed by atoms with Gasteiger partial charge in [-0.05, 0) is 108 Å². The van der Waals surface area contributed by atoms with Crippen molar-refractivity contribution in [3.63, 3.8) is 0 Å². The standard InChI is InChI=1S/C46H54N4O/c1-43(2,3)30-17-19-36-37-20-18-34(28-41(37)50(40(36)25-30)42-26-31(21-22-47-42)44(4,5)6)51-35-24-32(45(7,8)9)23-33(27-35)48-29-49(46(10,11)12)39-16-14-13-15-38(39)48/h13-28H,29H2,1-12H3. The summed E-state index contributed by atoms with van der Waals surface area (Å²) in [5.74, 6) is 2.54. The monoisotopic (exact) mass is 678 g/mol. The molecule has 264 valence electrons. The van der Waals surface area contributed by atoms with E-state index in [0.29, 0.717) is 0 Å². The number of hydrogen-bond acceptors (Lipinski definition) is 4. The predicted molar refractivity (Wildman–Crippen MR) is 217 cm³/mol. The molecule has 0 aliphatic carbocycles. The molecule has 0 amide bonds. The van der Waals surface area contributed by atoms with Gasteiger partial charge in [0, 0.05) is 40.3 Å². The van der Waals surface area contributed by atoms with Gasteiger partial charge in [0.2, 0.25) is 0 Å². The lowest BCUT2D eigenvalue weighted by Gasteiger charge is -2.34. The van der Waals surface area contributed by atoms with Gasteiger partial charge >= 0.3 is 0 Å². The molecule has 7 rings (SSSR count). The average Bonchev–Trinajstić information content (AvgIpc) is 3.59. The van der Waals surface area contributed by atoms with Crippen molar-refractivity contribution in [3.8, 4) is 17.3 Å². The molecule has 5 heteroatoms. The van der Waals surface area contributed by atoms with Crippen molar-refractivity contribution in [1.29, 1.82) is 0 Å². The van der Waals surface area contributed by atoms with Crippen LogP contribution in [-0.2, 0) is 16.2 Å². The van der Waals surface area contributed by atoms with Gasteiger partial charge in [-0.1, -0.05) is 86.6 Å². The van der Waals surface area contributed by atoms with Gasteiger partial charge in [0.25, 0.3) is 0 Å². The Hall–Kier alpha value is -4.77. The molecule has 0 spiro atoms. The summed E-state index contributed by atoms with van der Waals surface area (Å²) in [6, 6.07) is 33.2. The molecule has 3 heterocycles. The molecule has 2 aromatic heterocycles. The van der Waals surface area contributed by atoms with Gasteiger partial charge < -0.3 is 14.5 Å². The highest BCUT2D eigenvalue weighted by Gasteiger charge is 2.34. The first-order valence-electron chi connectivity index (χ1n) is 18.3. The number of pyridine rings is 1. The molecule has 5 nitrogen and oxygen atoms in total. The minimum atomic E-state index is -0.0675. The molecule has 0 bridgehead atoms. The summed E-state index contributed by atoms with van der Waals surface area (Å²) in [6.45, 7) is 28.0. The van der Waals surface area contributed by atoms with E-state index in [1.807, 2.05) is 6.20 Å². The van der Waals surface area contributed by atoms with E-state index in [1.165, 1.54) is 38.8 Å². The molecular weight excluding hydrogens is 625 g/mol. The third-order valence-corrected chi connectivity index (χ3v) is 10.3. The van der Waals surface area contributed by atoms with E-state index in [4.69, 9.17) is 9.72 Å². The smallest absolute Gasteiger partial charge is 0.137 e. The maximum Gasteiger partial charge on any atom is 0.137 e. The van der Waals surface area contributed by atoms with Crippen molar-refractivity contribution in [2.75, 3.05) is 16.5 Å². The van der Waals surface area contributed by atoms with Crippen LogP contribution in [0.3, 0.4) is 0 Å². The average molecular weight is 679 g/mol. The quantitative estimate of drug-likeness (QED) is 0.186. The Morgan fingerprint density at radius 1 is 0.549 bits per heavy atom. The normalized spacial score (nSPS) is 14.1. The minimum absolute atomic E-state index is 0.00314. The van der Waals surface area contributed by atoms with Crippen molar-refractivity contribution in [3.05, 3.63) is 114 Å². The van der Waals surface area contributed by atoms with E-state index in [0.717, 1.165) is 40.7 Å². The van der Waals surface area contributed by atoms with Gasteiger partial charge in [-0.3, -0.25) is 4.57 Å². The zero-order valence-electron chi connectivity index (χ0n) is 32.6. The molecule has 1 aliphatic heterocycles. The van der Waals surface area contributed by atoms with Crippen molar-refractivity contribution in [1.82, 2.24) is 9.55 Å². The van der Waals surface area contributed by atoms with Crippen LogP contribution >= 0.6 is 0 Å². The highest BCUT2D eigenvalue weighted by Crippen LogP contribution is 2.46. The summed E-state index contributed by atoms with van der Waals surface area (Å²) in [4.78, 5) is 9.85. The first-order chi connectivity index (χ1) is 23.8. The molecule has 0 atom stereocenters. The topological polar surface area (TPSA) is 33.5 Å². The lowest BCUT2D eigenvalue weighted by Crippen LogP contribution is -2.42. The molecule has 51 heavy (non-hydrogen) atoms. The molecule has 4 aromatic carbocycles.